The molecule has 1 fully saturated rings. The summed E-state index contributed by atoms with van der Waals surface area (Å²) in [6.45, 7) is 3.85. The minimum Gasteiger partial charge on any atom is -0.354 e. The van der Waals surface area contributed by atoms with Crippen molar-refractivity contribution in [3.8, 4) is 0 Å². The van der Waals surface area contributed by atoms with Gasteiger partial charge in [-0.25, -0.2) is 13.4 Å². The Morgan fingerprint density at radius 2 is 1.81 bits per heavy atom. The van der Waals surface area contributed by atoms with Crippen molar-refractivity contribution < 1.29 is 13.2 Å². The van der Waals surface area contributed by atoms with E-state index in [9.17, 15) is 13.2 Å². The average Bonchev–Trinajstić information content (AvgIpc) is 2.62. The minimum absolute atomic E-state index is 0.332. The number of pyridine rings is 1. The second-order valence-corrected chi connectivity index (χ2v) is 8.35. The first kappa shape index (κ1) is 19.1. The summed E-state index contributed by atoms with van der Waals surface area (Å²) in [5.41, 5.74) is 1.28. The van der Waals surface area contributed by atoms with Crippen LogP contribution in [0.3, 0.4) is 0 Å². The van der Waals surface area contributed by atoms with Crippen molar-refractivity contribution in [2.24, 2.45) is 0 Å². The maximum absolute atomic E-state index is 12.4. The summed E-state index contributed by atoms with van der Waals surface area (Å²) in [6.07, 6.45) is 2.69. The molecule has 1 aromatic heterocycles. The summed E-state index contributed by atoms with van der Waals surface area (Å²) < 4.78 is 25.0. The zero-order valence-corrected chi connectivity index (χ0v) is 16.2. The third kappa shape index (κ3) is 5.41. The summed E-state index contributed by atoms with van der Waals surface area (Å²) >= 11 is 0. The molecule has 0 saturated carbocycles. The molecular weight excluding hydrogens is 366 g/mol. The lowest BCUT2D eigenvalue weighted by Crippen LogP contribution is -2.44. The first-order valence-corrected chi connectivity index (χ1v) is 10.5. The Morgan fingerprint density at radius 3 is 2.44 bits per heavy atom. The van der Waals surface area contributed by atoms with Crippen LogP contribution in [0.5, 0.6) is 0 Å². The fraction of sp³-hybridized carbons (Fsp3) is 0.333. The summed E-state index contributed by atoms with van der Waals surface area (Å²) in [5.74, 6) is 0.557. The summed E-state index contributed by atoms with van der Waals surface area (Å²) in [6, 6.07) is 10.0. The molecule has 0 spiro atoms. The van der Waals surface area contributed by atoms with Gasteiger partial charge in [0.1, 0.15) is 5.82 Å². The number of piperazine rings is 1. The van der Waals surface area contributed by atoms with Gasteiger partial charge < -0.3 is 15.1 Å². The smallest absolute Gasteiger partial charge is 0.255 e. The number of nitrogens with zero attached hydrogens (tertiary/aromatic N) is 3. The molecule has 2 heterocycles. The van der Waals surface area contributed by atoms with Crippen LogP contribution in [0, 0.1) is 0 Å². The molecule has 8 nitrogen and oxygen atoms in total. The van der Waals surface area contributed by atoms with E-state index in [1.54, 1.807) is 24.4 Å². The minimum atomic E-state index is -3.40. The van der Waals surface area contributed by atoms with Crippen LogP contribution < -0.4 is 14.9 Å². The van der Waals surface area contributed by atoms with Gasteiger partial charge in [-0.3, -0.25) is 9.52 Å². The lowest BCUT2D eigenvalue weighted by molar-refractivity contribution is 0.102. The summed E-state index contributed by atoms with van der Waals surface area (Å²) in [5, 5.41) is 2.78. The second-order valence-electron chi connectivity index (χ2n) is 6.60. The molecule has 0 unspecified atom stereocenters. The molecule has 0 aliphatic carbocycles. The Kier molecular flexibility index (Phi) is 5.62. The van der Waals surface area contributed by atoms with Gasteiger partial charge in [-0.1, -0.05) is 6.07 Å². The highest BCUT2D eigenvalue weighted by molar-refractivity contribution is 7.92. The molecule has 2 aromatic rings. The normalized spacial score (nSPS) is 15.4. The van der Waals surface area contributed by atoms with Gasteiger partial charge in [0, 0.05) is 37.4 Å². The SMILES string of the molecule is CN1CCN(c2ccc(NC(=O)c3cccc(NS(C)(=O)=O)c3)cn2)CC1. The average molecular weight is 389 g/mol. The number of rotatable bonds is 5. The summed E-state index contributed by atoms with van der Waals surface area (Å²) in [4.78, 5) is 21.4. The molecule has 1 aromatic carbocycles. The molecule has 3 rings (SSSR count). The van der Waals surface area contributed by atoms with Crippen LogP contribution in [0.2, 0.25) is 0 Å². The van der Waals surface area contributed by atoms with E-state index in [1.807, 2.05) is 12.1 Å². The predicted octanol–water partition coefficient (Wildman–Crippen LogP) is 1.46. The fourth-order valence-electron chi connectivity index (χ4n) is 2.82. The van der Waals surface area contributed by atoms with Crippen molar-refractivity contribution >= 4 is 33.1 Å². The third-order valence-electron chi connectivity index (χ3n) is 4.26. The molecule has 1 amide bonds. The van der Waals surface area contributed by atoms with Crippen molar-refractivity contribution in [2.75, 3.05) is 54.4 Å². The van der Waals surface area contributed by atoms with Crippen LogP contribution in [0.15, 0.2) is 42.6 Å². The van der Waals surface area contributed by atoms with E-state index in [4.69, 9.17) is 0 Å². The Morgan fingerprint density at radius 1 is 1.07 bits per heavy atom. The highest BCUT2D eigenvalue weighted by Crippen LogP contribution is 2.17. The molecule has 2 N–H and O–H groups in total. The molecule has 0 atom stereocenters. The monoisotopic (exact) mass is 389 g/mol. The van der Waals surface area contributed by atoms with Gasteiger partial charge in [-0.2, -0.15) is 0 Å². The lowest BCUT2D eigenvalue weighted by Gasteiger charge is -2.33. The molecule has 1 aliphatic heterocycles. The van der Waals surface area contributed by atoms with Gasteiger partial charge in [0.05, 0.1) is 18.1 Å². The van der Waals surface area contributed by atoms with E-state index < -0.39 is 10.0 Å². The number of nitrogens with one attached hydrogen (secondary N) is 2. The fourth-order valence-corrected chi connectivity index (χ4v) is 3.38. The van der Waals surface area contributed by atoms with Crippen LogP contribution in [-0.4, -0.2) is 63.7 Å². The predicted molar refractivity (Wildman–Crippen MR) is 107 cm³/mol. The number of hydrogen-bond acceptors (Lipinski definition) is 6. The van der Waals surface area contributed by atoms with Gasteiger partial charge in [-0.05, 0) is 37.4 Å². The standard InChI is InChI=1S/C18H23N5O3S/c1-22-8-10-23(11-9-22)17-7-6-16(13-19-17)20-18(24)14-4-3-5-15(12-14)21-27(2,25)26/h3-7,12-13,21H,8-11H2,1-2H3,(H,20,24). The van der Waals surface area contributed by atoms with E-state index in [0.717, 1.165) is 38.3 Å². The highest BCUT2D eigenvalue weighted by atomic mass is 32.2. The van der Waals surface area contributed by atoms with Crippen LogP contribution in [-0.2, 0) is 10.0 Å². The van der Waals surface area contributed by atoms with Crippen LogP contribution in [0.4, 0.5) is 17.2 Å². The number of amides is 1. The maximum atomic E-state index is 12.4. The largest absolute Gasteiger partial charge is 0.354 e. The molecule has 9 heteroatoms. The van der Waals surface area contributed by atoms with E-state index in [-0.39, 0.29) is 5.91 Å². The molecule has 27 heavy (non-hydrogen) atoms. The van der Waals surface area contributed by atoms with E-state index >= 15 is 0 Å². The number of hydrogen-bond donors (Lipinski definition) is 2. The summed E-state index contributed by atoms with van der Waals surface area (Å²) in [7, 11) is -1.30. The number of carbonyl (C=O) groups excluding carboxylic acids is 1. The Bertz CT molecular complexity index is 907. The van der Waals surface area contributed by atoms with Crippen molar-refractivity contribution in [2.45, 2.75) is 0 Å². The molecule has 0 bridgehead atoms. The Hall–Kier alpha value is -2.65. The number of likely N-dealkylation sites (N-methyl/N-ethyl adjacent to an activating group) is 1. The van der Waals surface area contributed by atoms with Gasteiger partial charge in [0.25, 0.3) is 5.91 Å². The number of aromatic nitrogens is 1. The number of benzene rings is 1. The van der Waals surface area contributed by atoms with E-state index in [2.05, 4.69) is 31.9 Å². The van der Waals surface area contributed by atoms with Gasteiger partial charge >= 0.3 is 0 Å². The topological polar surface area (TPSA) is 94.6 Å². The Labute approximate surface area is 159 Å². The van der Waals surface area contributed by atoms with Gasteiger partial charge in [0.15, 0.2) is 0 Å². The van der Waals surface area contributed by atoms with Gasteiger partial charge in [-0.15, -0.1) is 0 Å². The first-order valence-electron chi connectivity index (χ1n) is 8.59. The van der Waals surface area contributed by atoms with Crippen molar-refractivity contribution in [1.29, 1.82) is 0 Å². The molecule has 0 radical (unpaired) electrons. The van der Waals surface area contributed by atoms with E-state index in [0.29, 0.717) is 16.9 Å². The second kappa shape index (κ2) is 7.93. The van der Waals surface area contributed by atoms with Crippen molar-refractivity contribution in [3.63, 3.8) is 0 Å². The number of carbonyl (C=O) groups is 1. The Balaban J connectivity index is 1.65. The molecule has 1 aliphatic rings. The maximum Gasteiger partial charge on any atom is 0.255 e. The van der Waals surface area contributed by atoms with Crippen LogP contribution >= 0.6 is 0 Å². The number of anilines is 3. The molecular formula is C18H23N5O3S. The van der Waals surface area contributed by atoms with Crippen LogP contribution in [0.1, 0.15) is 10.4 Å². The van der Waals surface area contributed by atoms with Gasteiger partial charge in [0.2, 0.25) is 10.0 Å². The lowest BCUT2D eigenvalue weighted by atomic mass is 10.2. The number of sulfonamides is 1. The zero-order valence-electron chi connectivity index (χ0n) is 15.3. The zero-order chi connectivity index (χ0) is 19.4. The first-order chi connectivity index (χ1) is 12.8. The van der Waals surface area contributed by atoms with Crippen LogP contribution in [0.25, 0.3) is 0 Å². The highest BCUT2D eigenvalue weighted by Gasteiger charge is 2.15. The third-order valence-corrected chi connectivity index (χ3v) is 4.87. The molecule has 1 saturated heterocycles. The molecule has 144 valence electrons. The quantitative estimate of drug-likeness (QED) is 0.804. The van der Waals surface area contributed by atoms with E-state index in [1.165, 1.54) is 6.07 Å². The van der Waals surface area contributed by atoms with Crippen molar-refractivity contribution in [3.05, 3.63) is 48.2 Å². The van der Waals surface area contributed by atoms with Crippen molar-refractivity contribution in [1.82, 2.24) is 9.88 Å².